The van der Waals surface area contributed by atoms with Gasteiger partial charge in [-0.2, -0.15) is 0 Å². The molecule has 0 fully saturated rings. The predicted molar refractivity (Wildman–Crippen MR) is 589 cm³/mol. The Morgan fingerprint density at radius 3 is 0.876 bits per heavy atom. The maximum atomic E-state index is 8.13. The molecule has 15 nitrogen and oxygen atoms in total. The fourth-order valence-electron chi connectivity index (χ4n) is 20.8. The van der Waals surface area contributed by atoms with E-state index in [2.05, 4.69) is 364 Å². The fraction of sp³-hybridized carbons (Fsp3) is 0.154. The number of aryl methyl sites for hydroxylation is 20. The zero-order valence-electron chi connectivity index (χ0n) is 90.8. The summed E-state index contributed by atoms with van der Waals surface area (Å²) in [7, 11) is 10.1. The van der Waals surface area contributed by atoms with Crippen LogP contribution >= 0.6 is 0 Å². The number of hydrogen-bond acceptors (Lipinski definition) is 10. The molecule has 0 unspecified atom stereocenters. The molecule has 25 rings (SSSR count). The standard InChI is InChI=1S/C27H25N2O.3C26H23N2O.C25H21N2O/c1-16-13-17(2)25(26-24(16)21-12-11-19(4)28-27(21)30-26)23-14-22(18(3)15-29(23)5)20-9-7-6-8-10-20;1-16-13-17(2)24(25-23(16)20-11-8-12-27-26(20)29-25)22-14-21(18(3)15-28(22)4)19-9-6-5-7-10-19;1-16-10-12-20-21-13-11-18(3)27-26(21)29-25(20)24(16)23-14-22(17(2)15-28(23)4)19-8-6-5-7-9-19;1-16-14-17(2)24(25-23(16)21-11-10-18(3)27-26(21)29-25)22-15-20(12-13-28(22)4)19-8-6-5-7-9-19;1-16-9-11-20-21-12-10-17(2)26-25(21)28-24(20)23(16)22-15-19(13-14-27(22)3)18-7-5-4-6-8-18/h6-15H,1-5H3;3*5-15H,1-4H3;4-15H,1-3H3/q5*+1/i;1D3,3D3;;;. The molecule has 0 amide bonds. The van der Waals surface area contributed by atoms with Crippen molar-refractivity contribution in [2.45, 2.75) is 104 Å². The molecular weight excluding hydrogens is 1780 g/mol. The first-order valence-electron chi connectivity index (χ1n) is 51.9. The summed E-state index contributed by atoms with van der Waals surface area (Å²) in [4.78, 5) is 22.8. The minimum Gasteiger partial charge on any atom is -0.437 e. The summed E-state index contributed by atoms with van der Waals surface area (Å²) in [5.74, 6) is 0. The van der Waals surface area contributed by atoms with Crippen LogP contribution < -0.4 is 22.8 Å². The Morgan fingerprint density at radius 1 is 0.214 bits per heavy atom. The summed E-state index contributed by atoms with van der Waals surface area (Å²) in [6.45, 7) is 22.4. The zero-order chi connectivity index (χ0) is 106. The normalized spacial score (nSPS) is 12.2. The van der Waals surface area contributed by atoms with Crippen molar-refractivity contribution in [2.75, 3.05) is 0 Å². The molecule has 0 N–H and O–H groups in total. The second kappa shape index (κ2) is 38.6. The maximum Gasteiger partial charge on any atom is 0.227 e. The molecule has 15 heterocycles. The van der Waals surface area contributed by atoms with Crippen LogP contribution in [0, 0.1) is 104 Å². The van der Waals surface area contributed by atoms with E-state index in [0.29, 0.717) is 67.3 Å². The van der Waals surface area contributed by atoms with Crippen molar-refractivity contribution in [3.8, 4) is 112 Å². The molecule has 0 aliphatic heterocycles. The molecule has 0 atom stereocenters. The van der Waals surface area contributed by atoms with Gasteiger partial charge in [-0.3, -0.25) is 0 Å². The highest BCUT2D eigenvalue weighted by atomic mass is 16.4. The first-order chi connectivity index (χ1) is 72.6. The number of nitrogens with zero attached hydrogens (tertiary/aromatic N) is 10. The number of furan rings is 5. The third-order valence-electron chi connectivity index (χ3n) is 28.0. The summed E-state index contributed by atoms with van der Waals surface area (Å²) in [5.41, 5.74) is 43.4. The highest BCUT2D eigenvalue weighted by molar-refractivity contribution is 6.15. The quantitative estimate of drug-likeness (QED) is 0.121. The summed E-state index contributed by atoms with van der Waals surface area (Å²) in [6.07, 6.45) is 11.9. The molecule has 0 saturated carbocycles. The molecule has 0 spiro atoms. The van der Waals surface area contributed by atoms with E-state index >= 15 is 0 Å². The molecule has 0 bridgehead atoms. The molecule has 25 aromatic rings. The van der Waals surface area contributed by atoms with Crippen LogP contribution in [-0.2, 0) is 35.2 Å². The molecule has 710 valence electrons. The highest BCUT2D eigenvalue weighted by Crippen LogP contribution is 2.47. The van der Waals surface area contributed by atoms with Gasteiger partial charge in [0.15, 0.2) is 58.9 Å². The van der Waals surface area contributed by atoms with E-state index in [1.54, 1.807) is 42.2 Å². The number of fused-ring (bicyclic) bond motifs is 15. The van der Waals surface area contributed by atoms with Gasteiger partial charge in [-0.05, 0) is 265 Å². The van der Waals surface area contributed by atoms with E-state index < -0.39 is 13.7 Å². The Labute approximate surface area is 852 Å². The Kier molecular flexibility index (Phi) is 23.1. The van der Waals surface area contributed by atoms with Crippen molar-refractivity contribution >= 4 is 110 Å². The molecule has 15 heteroatoms. The maximum absolute atomic E-state index is 8.13. The van der Waals surface area contributed by atoms with Crippen LogP contribution in [0.2, 0.25) is 0 Å². The summed E-state index contributed by atoms with van der Waals surface area (Å²) in [5, 5.41) is 9.91. The zero-order valence-corrected chi connectivity index (χ0v) is 84.8. The average Bonchev–Trinajstić information content (AvgIpc) is 1.61. The van der Waals surface area contributed by atoms with Crippen LogP contribution in [0.4, 0.5) is 0 Å². The van der Waals surface area contributed by atoms with Crippen molar-refractivity contribution in [3.63, 3.8) is 0 Å². The van der Waals surface area contributed by atoms with Crippen LogP contribution in [-0.4, -0.2) is 24.9 Å². The molecule has 0 saturated heterocycles. The van der Waals surface area contributed by atoms with Crippen molar-refractivity contribution in [1.82, 2.24) is 24.9 Å². The SMILES string of the molecule is Cc1ccc2c(n1)oc1c(-c3cc(-c4ccccc4)c(C)c[n+]3C)c(C)cc(C)c12.Cc1ccc2c(n1)oc1c(-c3cc(-c4ccccc4)c(C)c[n+]3C)c(C)ccc12.Cc1ccc2c(n1)oc1c(-c3cc(-c4ccccc4)cc[n+]3C)c(C)cc(C)c12.Cc1ccc2c(n1)oc1c(-c3cc(-c4ccccc4)cc[n+]3C)c(C)ccc12.[2H]C([2H])([2H])c1c[n+](C)c(-c2c(C)cc(C([2H])([2H])[2H])c3c2oc2ncccc23)cc1-c1ccccc1. The summed E-state index contributed by atoms with van der Waals surface area (Å²) < 4.78 is 90.7. The van der Waals surface area contributed by atoms with E-state index in [0.717, 1.165) is 139 Å². The smallest absolute Gasteiger partial charge is 0.227 e. The summed E-state index contributed by atoms with van der Waals surface area (Å²) in [6, 6.07) is 102. The molecular formula is C130H115N10O5+5. The van der Waals surface area contributed by atoms with E-state index in [1.807, 2.05) is 101 Å². The third kappa shape index (κ3) is 17.7. The fourth-order valence-corrected chi connectivity index (χ4v) is 20.8. The van der Waals surface area contributed by atoms with Gasteiger partial charge in [-0.15, -0.1) is 0 Å². The minimum atomic E-state index is -2.35. The summed E-state index contributed by atoms with van der Waals surface area (Å²) >= 11 is 0. The van der Waals surface area contributed by atoms with Gasteiger partial charge in [0.2, 0.25) is 57.0 Å². The molecule has 0 aliphatic carbocycles. The van der Waals surface area contributed by atoms with E-state index in [1.165, 1.54) is 89.0 Å². The molecule has 0 radical (unpaired) electrons. The lowest BCUT2D eigenvalue weighted by molar-refractivity contribution is -0.660. The van der Waals surface area contributed by atoms with Crippen molar-refractivity contribution < 1.29 is 53.1 Å². The van der Waals surface area contributed by atoms with Crippen molar-refractivity contribution in [3.05, 3.63) is 418 Å². The Bertz CT molecular complexity index is 9690. The van der Waals surface area contributed by atoms with Gasteiger partial charge in [0.05, 0.1) is 27.8 Å². The van der Waals surface area contributed by atoms with Gasteiger partial charge < -0.3 is 22.1 Å². The van der Waals surface area contributed by atoms with Gasteiger partial charge in [0.25, 0.3) is 0 Å². The molecule has 15 aromatic heterocycles. The van der Waals surface area contributed by atoms with Crippen LogP contribution in [0.15, 0.2) is 357 Å². The highest BCUT2D eigenvalue weighted by Gasteiger charge is 2.31. The molecule has 0 aliphatic rings. The van der Waals surface area contributed by atoms with Gasteiger partial charge in [0.1, 0.15) is 35.2 Å². The molecule has 10 aromatic carbocycles. The Morgan fingerprint density at radius 2 is 0.503 bits per heavy atom. The predicted octanol–water partition coefficient (Wildman–Crippen LogP) is 30.3. The third-order valence-corrected chi connectivity index (χ3v) is 28.0. The average molecular weight is 1900 g/mol. The first kappa shape index (κ1) is 86.8. The van der Waals surface area contributed by atoms with Crippen molar-refractivity contribution in [1.29, 1.82) is 0 Å². The molecule has 145 heavy (non-hydrogen) atoms. The Hall–Kier alpha value is -17.3. The second-order valence-electron chi connectivity index (χ2n) is 38.3. The first-order valence-corrected chi connectivity index (χ1v) is 48.9. The topological polar surface area (TPSA) is 150 Å². The van der Waals surface area contributed by atoms with Gasteiger partial charge in [-0.25, -0.2) is 47.8 Å². The lowest BCUT2D eigenvalue weighted by atomic mass is 9.94. The van der Waals surface area contributed by atoms with Crippen LogP contribution in [0.1, 0.15) is 92.2 Å². The number of benzene rings is 10. The second-order valence-corrected chi connectivity index (χ2v) is 38.3. The lowest BCUT2D eigenvalue weighted by Crippen LogP contribution is -2.31. The minimum absolute atomic E-state index is 0.200. The van der Waals surface area contributed by atoms with E-state index in [4.69, 9.17) is 30.3 Å². The van der Waals surface area contributed by atoms with Crippen molar-refractivity contribution in [2.24, 2.45) is 35.2 Å². The van der Waals surface area contributed by atoms with Gasteiger partial charge >= 0.3 is 0 Å². The Balaban J connectivity index is 0.000000110. The van der Waals surface area contributed by atoms with Crippen LogP contribution in [0.25, 0.3) is 222 Å². The van der Waals surface area contributed by atoms with Crippen LogP contribution in [0.3, 0.4) is 0 Å². The van der Waals surface area contributed by atoms with Crippen LogP contribution in [0.5, 0.6) is 0 Å². The number of hydrogen-bond donors (Lipinski definition) is 0. The number of aromatic nitrogens is 10. The monoisotopic (exact) mass is 1900 g/mol. The van der Waals surface area contributed by atoms with Gasteiger partial charge in [-0.1, -0.05) is 194 Å². The largest absolute Gasteiger partial charge is 0.437 e. The van der Waals surface area contributed by atoms with Gasteiger partial charge in [0, 0.05) is 150 Å². The number of pyridine rings is 10. The number of rotatable bonds is 10. The lowest BCUT2D eigenvalue weighted by Gasteiger charge is -2.11. The van der Waals surface area contributed by atoms with E-state index in [-0.39, 0.29) is 11.1 Å². The van der Waals surface area contributed by atoms with E-state index in [9.17, 15) is 0 Å².